The van der Waals surface area contributed by atoms with Crippen molar-refractivity contribution in [2.24, 2.45) is 5.92 Å². The van der Waals surface area contributed by atoms with Crippen LogP contribution in [0.3, 0.4) is 0 Å². The number of benzene rings is 1. The van der Waals surface area contributed by atoms with E-state index < -0.39 is 0 Å². The molecule has 4 heteroatoms. The van der Waals surface area contributed by atoms with Gasteiger partial charge in [0.25, 0.3) is 0 Å². The molecule has 0 aromatic heterocycles. The summed E-state index contributed by atoms with van der Waals surface area (Å²) in [6.45, 7) is 13.1. The molecule has 1 aromatic rings. The fourth-order valence-electron chi connectivity index (χ4n) is 3.08. The van der Waals surface area contributed by atoms with E-state index in [1.54, 1.807) is 0 Å². The van der Waals surface area contributed by atoms with Crippen LogP contribution in [0.4, 0.5) is 0 Å². The molecule has 0 amide bonds. The van der Waals surface area contributed by atoms with Gasteiger partial charge in [0.15, 0.2) is 5.78 Å². The number of ether oxygens (including phenoxy) is 1. The van der Waals surface area contributed by atoms with E-state index >= 15 is 0 Å². The second-order valence-corrected chi connectivity index (χ2v) is 6.66. The lowest BCUT2D eigenvalue weighted by molar-refractivity contribution is 0.0886. The maximum atomic E-state index is 12.8. The second-order valence-electron chi connectivity index (χ2n) is 6.66. The minimum Gasteiger partial charge on any atom is -0.491 e. The summed E-state index contributed by atoms with van der Waals surface area (Å²) < 4.78 is 5.75. The zero-order valence-electron chi connectivity index (χ0n) is 14.9. The third-order valence-electron chi connectivity index (χ3n) is 4.28. The van der Waals surface area contributed by atoms with Crippen LogP contribution in [0.5, 0.6) is 5.75 Å². The summed E-state index contributed by atoms with van der Waals surface area (Å²) in [4.78, 5) is 15.2. The van der Waals surface area contributed by atoms with Gasteiger partial charge in [0.2, 0.25) is 0 Å². The Hall–Kier alpha value is -1.39. The van der Waals surface area contributed by atoms with Gasteiger partial charge in [0.1, 0.15) is 5.75 Å². The topological polar surface area (TPSA) is 41.6 Å². The molecule has 1 fully saturated rings. The van der Waals surface area contributed by atoms with Gasteiger partial charge in [0.05, 0.1) is 6.10 Å². The second kappa shape index (κ2) is 8.46. The minimum absolute atomic E-state index is 0.0234. The van der Waals surface area contributed by atoms with E-state index in [-0.39, 0.29) is 17.8 Å². The minimum atomic E-state index is 0.0234. The highest BCUT2D eigenvalue weighted by Crippen LogP contribution is 2.22. The number of aryl methyl sites for hydroxylation is 1. The van der Waals surface area contributed by atoms with Gasteiger partial charge in [-0.3, -0.25) is 4.79 Å². The number of ketones is 1. The molecule has 1 N–H and O–H groups in total. The number of hydrogen-bond donors (Lipinski definition) is 1. The molecule has 1 heterocycles. The number of nitrogens with zero attached hydrogens (tertiary/aromatic N) is 1. The SMILES string of the molecule is CCc1cc(OC(C)C)ccc1C(=O)C(C)CN1CCNCC1. The van der Waals surface area contributed by atoms with E-state index in [1.807, 2.05) is 39.0 Å². The van der Waals surface area contributed by atoms with Crippen molar-refractivity contribution < 1.29 is 9.53 Å². The van der Waals surface area contributed by atoms with Gasteiger partial charge >= 0.3 is 0 Å². The summed E-state index contributed by atoms with van der Waals surface area (Å²) in [6, 6.07) is 5.88. The summed E-state index contributed by atoms with van der Waals surface area (Å²) in [6.07, 6.45) is 0.990. The standard InChI is InChI=1S/C19H30N2O2/c1-5-16-12-17(23-14(2)3)6-7-18(16)19(22)15(4)13-21-10-8-20-9-11-21/h6-7,12,14-15,20H,5,8-11,13H2,1-4H3. The van der Waals surface area contributed by atoms with Crippen molar-refractivity contribution in [1.29, 1.82) is 0 Å². The number of carbonyl (C=O) groups excluding carboxylic acids is 1. The number of nitrogens with one attached hydrogen (secondary N) is 1. The number of carbonyl (C=O) groups is 1. The van der Waals surface area contributed by atoms with Crippen LogP contribution in [0.2, 0.25) is 0 Å². The molecule has 1 atom stereocenters. The predicted octanol–water partition coefficient (Wildman–Crippen LogP) is 2.76. The first-order chi connectivity index (χ1) is 11.0. The highest BCUT2D eigenvalue weighted by molar-refractivity contribution is 5.99. The maximum absolute atomic E-state index is 12.8. The van der Waals surface area contributed by atoms with Gasteiger partial charge in [-0.05, 0) is 44.0 Å². The number of Topliss-reactive ketones (excluding diaryl/α,β-unsaturated/α-hetero) is 1. The highest BCUT2D eigenvalue weighted by atomic mass is 16.5. The molecule has 23 heavy (non-hydrogen) atoms. The van der Waals surface area contributed by atoms with E-state index in [4.69, 9.17) is 4.74 Å². The van der Waals surface area contributed by atoms with Crippen molar-refractivity contribution in [2.45, 2.75) is 40.2 Å². The zero-order chi connectivity index (χ0) is 16.8. The average molecular weight is 318 g/mol. The lowest BCUT2D eigenvalue weighted by Gasteiger charge is -2.29. The first-order valence-corrected chi connectivity index (χ1v) is 8.78. The molecule has 0 bridgehead atoms. The fourth-order valence-corrected chi connectivity index (χ4v) is 3.08. The fraction of sp³-hybridized carbons (Fsp3) is 0.632. The molecular weight excluding hydrogens is 288 g/mol. The van der Waals surface area contributed by atoms with Crippen molar-refractivity contribution in [2.75, 3.05) is 32.7 Å². The summed E-state index contributed by atoms with van der Waals surface area (Å²) in [5, 5.41) is 3.35. The van der Waals surface area contributed by atoms with Crippen LogP contribution in [-0.4, -0.2) is 49.5 Å². The Labute approximate surface area is 140 Å². The molecule has 0 radical (unpaired) electrons. The van der Waals surface area contributed by atoms with Crippen LogP contribution in [0.1, 0.15) is 43.6 Å². The third-order valence-corrected chi connectivity index (χ3v) is 4.28. The van der Waals surface area contributed by atoms with Crippen LogP contribution >= 0.6 is 0 Å². The number of piperazine rings is 1. The van der Waals surface area contributed by atoms with Gasteiger partial charge in [-0.2, -0.15) is 0 Å². The predicted molar refractivity (Wildman–Crippen MR) is 94.4 cm³/mol. The smallest absolute Gasteiger partial charge is 0.167 e. The van der Waals surface area contributed by atoms with Gasteiger partial charge in [-0.15, -0.1) is 0 Å². The van der Waals surface area contributed by atoms with E-state index in [2.05, 4.69) is 17.1 Å². The van der Waals surface area contributed by atoms with Crippen molar-refractivity contribution in [1.82, 2.24) is 10.2 Å². The largest absolute Gasteiger partial charge is 0.491 e. The van der Waals surface area contributed by atoms with E-state index in [1.165, 1.54) is 0 Å². The first-order valence-electron chi connectivity index (χ1n) is 8.78. The van der Waals surface area contributed by atoms with Gasteiger partial charge < -0.3 is 15.0 Å². The molecule has 1 aromatic carbocycles. The van der Waals surface area contributed by atoms with Crippen LogP contribution in [0, 0.1) is 5.92 Å². The first kappa shape index (κ1) is 18.0. The van der Waals surface area contributed by atoms with Crippen LogP contribution in [0.25, 0.3) is 0 Å². The van der Waals surface area contributed by atoms with Gasteiger partial charge in [0, 0.05) is 44.2 Å². The summed E-state index contributed by atoms with van der Waals surface area (Å²) in [5.41, 5.74) is 1.94. The molecule has 0 spiro atoms. The van der Waals surface area contributed by atoms with E-state index in [9.17, 15) is 4.79 Å². The summed E-state index contributed by atoms with van der Waals surface area (Å²) in [7, 11) is 0. The monoisotopic (exact) mass is 318 g/mol. The Morgan fingerprint density at radius 1 is 1.26 bits per heavy atom. The van der Waals surface area contributed by atoms with Gasteiger partial charge in [-0.25, -0.2) is 0 Å². The molecular formula is C19H30N2O2. The molecule has 2 rings (SSSR count). The van der Waals surface area contributed by atoms with Crippen molar-refractivity contribution >= 4 is 5.78 Å². The molecule has 1 unspecified atom stereocenters. The van der Waals surface area contributed by atoms with Crippen molar-refractivity contribution in [3.63, 3.8) is 0 Å². The molecule has 0 aliphatic carbocycles. The van der Waals surface area contributed by atoms with Crippen LogP contribution in [0.15, 0.2) is 18.2 Å². The third kappa shape index (κ3) is 5.05. The van der Waals surface area contributed by atoms with Crippen molar-refractivity contribution in [3.05, 3.63) is 29.3 Å². The highest BCUT2D eigenvalue weighted by Gasteiger charge is 2.21. The zero-order valence-corrected chi connectivity index (χ0v) is 14.9. The van der Waals surface area contributed by atoms with E-state index in [0.29, 0.717) is 0 Å². The van der Waals surface area contributed by atoms with Crippen molar-refractivity contribution in [3.8, 4) is 5.75 Å². The Kier molecular flexibility index (Phi) is 6.60. The van der Waals surface area contributed by atoms with Crippen LogP contribution < -0.4 is 10.1 Å². The van der Waals surface area contributed by atoms with Crippen LogP contribution in [-0.2, 0) is 6.42 Å². The summed E-state index contributed by atoms with van der Waals surface area (Å²) in [5.74, 6) is 1.12. The lowest BCUT2D eigenvalue weighted by atomic mass is 9.93. The lowest BCUT2D eigenvalue weighted by Crippen LogP contribution is -2.45. The molecule has 4 nitrogen and oxygen atoms in total. The number of hydrogen-bond acceptors (Lipinski definition) is 4. The average Bonchev–Trinajstić information content (AvgIpc) is 2.54. The Morgan fingerprint density at radius 2 is 1.96 bits per heavy atom. The Morgan fingerprint density at radius 3 is 2.57 bits per heavy atom. The quantitative estimate of drug-likeness (QED) is 0.785. The molecule has 0 saturated carbocycles. The number of rotatable bonds is 7. The molecule has 1 aliphatic heterocycles. The summed E-state index contributed by atoms with van der Waals surface area (Å²) >= 11 is 0. The maximum Gasteiger partial charge on any atom is 0.167 e. The molecule has 128 valence electrons. The van der Waals surface area contributed by atoms with E-state index in [0.717, 1.165) is 56.0 Å². The Balaban J connectivity index is 2.07. The molecule has 1 saturated heterocycles. The Bertz CT molecular complexity index is 522. The normalized spacial score (nSPS) is 17.3. The van der Waals surface area contributed by atoms with Gasteiger partial charge in [-0.1, -0.05) is 13.8 Å². The molecule has 1 aliphatic rings.